The van der Waals surface area contributed by atoms with Crippen molar-refractivity contribution in [2.75, 3.05) is 33.2 Å². The van der Waals surface area contributed by atoms with Crippen LogP contribution in [0.1, 0.15) is 13.8 Å². The number of benzene rings is 1. The normalized spacial score (nSPS) is 11.0. The predicted octanol–water partition coefficient (Wildman–Crippen LogP) is 1.90. The van der Waals surface area contributed by atoms with Crippen molar-refractivity contribution in [1.29, 1.82) is 0 Å². The molecule has 0 bridgehead atoms. The van der Waals surface area contributed by atoms with Crippen LogP contribution in [0.5, 0.6) is 17.2 Å². The van der Waals surface area contributed by atoms with Gasteiger partial charge in [0, 0.05) is 18.7 Å². The van der Waals surface area contributed by atoms with Crippen LogP contribution in [-0.4, -0.2) is 38.6 Å². The molecule has 5 heteroatoms. The lowest BCUT2D eigenvalue weighted by Gasteiger charge is -2.21. The Morgan fingerprint density at radius 1 is 1.00 bits per heavy atom. The van der Waals surface area contributed by atoms with Gasteiger partial charge in [0.05, 0.1) is 32.6 Å². The van der Waals surface area contributed by atoms with Crippen LogP contribution in [0.2, 0.25) is 0 Å². The van der Waals surface area contributed by atoms with E-state index in [1.54, 1.807) is 47.3 Å². The van der Waals surface area contributed by atoms with Gasteiger partial charge in [0.1, 0.15) is 5.75 Å². The van der Waals surface area contributed by atoms with E-state index >= 15 is 0 Å². The van der Waals surface area contributed by atoms with Gasteiger partial charge in [0.2, 0.25) is 0 Å². The number of hydrogen-bond acceptors (Lipinski definition) is 5. The summed E-state index contributed by atoms with van der Waals surface area (Å²) in [5, 5.41) is 12.8. The number of nitrogens with one attached hydrogen (secondary N) is 1. The second-order valence-corrected chi connectivity index (χ2v) is 4.57. The van der Waals surface area contributed by atoms with Crippen LogP contribution >= 0.6 is 0 Å². The van der Waals surface area contributed by atoms with Gasteiger partial charge in [-0.2, -0.15) is 0 Å². The molecule has 0 saturated carbocycles. The molecule has 0 unspecified atom stereocenters. The van der Waals surface area contributed by atoms with Crippen LogP contribution in [0.3, 0.4) is 0 Å². The highest BCUT2D eigenvalue weighted by molar-refractivity contribution is 5.64. The Hall–Kier alpha value is -1.62. The van der Waals surface area contributed by atoms with Crippen LogP contribution in [0.15, 0.2) is 12.1 Å². The molecule has 0 aliphatic carbocycles. The van der Waals surface area contributed by atoms with Crippen molar-refractivity contribution in [2.24, 2.45) is 0 Å². The third-order valence-corrected chi connectivity index (χ3v) is 2.42. The first-order valence-electron chi connectivity index (χ1n) is 5.67. The summed E-state index contributed by atoms with van der Waals surface area (Å²) < 4.78 is 15.7. The van der Waals surface area contributed by atoms with Gasteiger partial charge in [-0.15, -0.1) is 0 Å². The van der Waals surface area contributed by atoms with E-state index in [2.05, 4.69) is 5.32 Å². The fourth-order valence-electron chi connectivity index (χ4n) is 1.48. The van der Waals surface area contributed by atoms with Crippen molar-refractivity contribution in [3.8, 4) is 17.2 Å². The average molecular weight is 255 g/mol. The number of hydrogen-bond donors (Lipinski definition) is 2. The van der Waals surface area contributed by atoms with Gasteiger partial charge in [0.25, 0.3) is 0 Å². The topological polar surface area (TPSA) is 60.0 Å². The Bertz CT molecular complexity index is 399. The van der Waals surface area contributed by atoms with Gasteiger partial charge < -0.3 is 24.6 Å². The van der Waals surface area contributed by atoms with Crippen LogP contribution in [-0.2, 0) is 0 Å². The first-order valence-corrected chi connectivity index (χ1v) is 5.67. The molecule has 2 N–H and O–H groups in total. The Kier molecular flexibility index (Phi) is 4.67. The van der Waals surface area contributed by atoms with Gasteiger partial charge in [-0.25, -0.2) is 0 Å². The number of methoxy groups -OCH3 is 3. The Morgan fingerprint density at radius 3 is 1.94 bits per heavy atom. The summed E-state index contributed by atoms with van der Waals surface area (Å²) in [6.07, 6.45) is 0. The number of anilines is 1. The van der Waals surface area contributed by atoms with E-state index in [-0.39, 0.29) is 0 Å². The highest BCUT2D eigenvalue weighted by Gasteiger charge is 2.16. The summed E-state index contributed by atoms with van der Waals surface area (Å²) in [6, 6.07) is 3.52. The zero-order valence-electron chi connectivity index (χ0n) is 11.5. The molecule has 0 amide bonds. The molecule has 5 nitrogen and oxygen atoms in total. The standard InChI is InChI=1S/C13H21NO4/c1-13(2,15)8-14-9-6-11(17-4)12(18-5)7-10(9)16-3/h6-7,14-15H,8H2,1-5H3. The minimum Gasteiger partial charge on any atom is -0.494 e. The van der Waals surface area contributed by atoms with E-state index in [9.17, 15) is 5.11 Å². The molecule has 1 aromatic carbocycles. The van der Waals surface area contributed by atoms with Gasteiger partial charge in [-0.3, -0.25) is 0 Å². The van der Waals surface area contributed by atoms with Crippen molar-refractivity contribution in [2.45, 2.75) is 19.4 Å². The van der Waals surface area contributed by atoms with Crippen molar-refractivity contribution in [3.05, 3.63) is 12.1 Å². The summed E-state index contributed by atoms with van der Waals surface area (Å²) in [5.41, 5.74) is -0.0599. The van der Waals surface area contributed by atoms with Crippen LogP contribution < -0.4 is 19.5 Å². The molecule has 1 rings (SSSR count). The van der Waals surface area contributed by atoms with Crippen LogP contribution in [0, 0.1) is 0 Å². The second kappa shape index (κ2) is 5.82. The maximum Gasteiger partial charge on any atom is 0.164 e. The molecule has 18 heavy (non-hydrogen) atoms. The van der Waals surface area contributed by atoms with Crippen LogP contribution in [0.4, 0.5) is 5.69 Å². The van der Waals surface area contributed by atoms with Gasteiger partial charge in [-0.1, -0.05) is 0 Å². The number of ether oxygens (including phenoxy) is 3. The third-order valence-electron chi connectivity index (χ3n) is 2.42. The molecule has 0 heterocycles. The lowest BCUT2D eigenvalue weighted by molar-refractivity contribution is 0.0944. The van der Waals surface area contributed by atoms with E-state index in [1.165, 1.54) is 0 Å². The van der Waals surface area contributed by atoms with Crippen LogP contribution in [0.25, 0.3) is 0 Å². The number of aliphatic hydroxyl groups is 1. The molecule has 0 atom stereocenters. The van der Waals surface area contributed by atoms with Gasteiger partial charge in [-0.05, 0) is 13.8 Å². The zero-order chi connectivity index (χ0) is 13.8. The molecular weight excluding hydrogens is 234 g/mol. The van der Waals surface area contributed by atoms with Crippen molar-refractivity contribution < 1.29 is 19.3 Å². The van der Waals surface area contributed by atoms with Gasteiger partial charge in [0.15, 0.2) is 11.5 Å². The Morgan fingerprint density at radius 2 is 1.50 bits per heavy atom. The molecule has 0 radical (unpaired) electrons. The molecule has 102 valence electrons. The van der Waals surface area contributed by atoms with E-state index < -0.39 is 5.60 Å². The molecule has 0 fully saturated rings. The van der Waals surface area contributed by atoms with E-state index in [0.717, 1.165) is 5.69 Å². The smallest absolute Gasteiger partial charge is 0.164 e. The first kappa shape index (κ1) is 14.4. The van der Waals surface area contributed by atoms with E-state index in [1.807, 2.05) is 0 Å². The number of rotatable bonds is 6. The largest absolute Gasteiger partial charge is 0.494 e. The Labute approximate surface area is 108 Å². The molecule has 0 spiro atoms. The predicted molar refractivity (Wildman–Crippen MR) is 70.9 cm³/mol. The van der Waals surface area contributed by atoms with Crippen molar-refractivity contribution >= 4 is 5.69 Å². The zero-order valence-corrected chi connectivity index (χ0v) is 11.5. The summed E-state index contributed by atoms with van der Waals surface area (Å²) in [6.45, 7) is 3.86. The highest BCUT2D eigenvalue weighted by Crippen LogP contribution is 2.37. The SMILES string of the molecule is COc1cc(OC)c(OC)cc1NCC(C)(C)O. The lowest BCUT2D eigenvalue weighted by atomic mass is 10.1. The molecule has 0 aliphatic rings. The lowest BCUT2D eigenvalue weighted by Crippen LogP contribution is -2.29. The quantitative estimate of drug-likeness (QED) is 0.813. The summed E-state index contributed by atoms with van der Waals surface area (Å²) in [7, 11) is 4.72. The minimum atomic E-state index is -0.807. The Balaban J connectivity index is 3.02. The molecular formula is C13H21NO4. The van der Waals surface area contributed by atoms with Crippen molar-refractivity contribution in [1.82, 2.24) is 0 Å². The van der Waals surface area contributed by atoms with E-state index in [4.69, 9.17) is 14.2 Å². The highest BCUT2D eigenvalue weighted by atomic mass is 16.5. The summed E-state index contributed by atoms with van der Waals surface area (Å²) >= 11 is 0. The summed E-state index contributed by atoms with van der Waals surface area (Å²) in [5.74, 6) is 1.84. The maximum absolute atomic E-state index is 9.71. The molecule has 0 saturated heterocycles. The fraction of sp³-hybridized carbons (Fsp3) is 0.538. The second-order valence-electron chi connectivity index (χ2n) is 4.57. The first-order chi connectivity index (χ1) is 8.41. The molecule has 1 aromatic rings. The third kappa shape index (κ3) is 3.70. The fourth-order valence-corrected chi connectivity index (χ4v) is 1.48. The van der Waals surface area contributed by atoms with Crippen molar-refractivity contribution in [3.63, 3.8) is 0 Å². The minimum absolute atomic E-state index is 0.402. The monoisotopic (exact) mass is 255 g/mol. The maximum atomic E-state index is 9.71. The van der Waals surface area contributed by atoms with Gasteiger partial charge >= 0.3 is 0 Å². The molecule has 0 aromatic heterocycles. The van der Waals surface area contributed by atoms with E-state index in [0.29, 0.717) is 23.8 Å². The summed E-state index contributed by atoms with van der Waals surface area (Å²) in [4.78, 5) is 0. The molecule has 0 aliphatic heterocycles. The average Bonchev–Trinajstić information content (AvgIpc) is 2.34.